The summed E-state index contributed by atoms with van der Waals surface area (Å²) in [4.78, 5) is 45.8. The zero-order valence-electron chi connectivity index (χ0n) is 18.0. The number of carbonyl (C=O) groups excluding carboxylic acids is 1. The second-order valence-electron chi connectivity index (χ2n) is 7.31. The highest BCUT2D eigenvalue weighted by molar-refractivity contribution is 7.14. The van der Waals surface area contributed by atoms with Crippen molar-refractivity contribution in [3.8, 4) is 17.0 Å². The van der Waals surface area contributed by atoms with Crippen molar-refractivity contribution in [1.29, 1.82) is 0 Å². The number of alkyl halides is 3. The lowest BCUT2D eigenvalue weighted by Crippen LogP contribution is -2.37. The van der Waals surface area contributed by atoms with E-state index in [2.05, 4.69) is 20.0 Å². The molecule has 1 N–H and O–H groups in total. The molecule has 0 spiro atoms. The van der Waals surface area contributed by atoms with E-state index in [1.54, 1.807) is 5.38 Å². The zero-order valence-corrected chi connectivity index (χ0v) is 19.6. The number of rotatable bonds is 5. The van der Waals surface area contributed by atoms with E-state index in [4.69, 9.17) is 11.6 Å². The van der Waals surface area contributed by atoms with Gasteiger partial charge in [0.25, 0.3) is 5.56 Å². The molecule has 4 rings (SSSR count). The fraction of sp³-hybridized carbons (Fsp3) is 0.190. The number of carbonyl (C=O) groups is 1. The number of aryl methyl sites for hydroxylation is 1. The van der Waals surface area contributed by atoms with Crippen molar-refractivity contribution in [3.63, 3.8) is 0 Å². The Bertz CT molecular complexity index is 1580. The van der Waals surface area contributed by atoms with E-state index in [0.717, 1.165) is 22.0 Å². The van der Waals surface area contributed by atoms with Gasteiger partial charge in [-0.05, 0) is 24.3 Å². The van der Waals surface area contributed by atoms with Crippen molar-refractivity contribution < 1.29 is 22.7 Å². The minimum Gasteiger partial charge on any atom is -0.404 e. The van der Waals surface area contributed by atoms with Gasteiger partial charge >= 0.3 is 12.1 Å². The van der Waals surface area contributed by atoms with Crippen LogP contribution < -0.4 is 21.3 Å². The van der Waals surface area contributed by atoms with Crippen LogP contribution in [0.3, 0.4) is 0 Å². The van der Waals surface area contributed by atoms with Crippen molar-refractivity contribution in [2.24, 2.45) is 14.1 Å². The lowest BCUT2D eigenvalue weighted by atomic mass is 10.1. The summed E-state index contributed by atoms with van der Waals surface area (Å²) >= 11 is 6.97. The number of aromatic nitrogens is 4. The molecule has 0 radical (unpaired) electrons. The van der Waals surface area contributed by atoms with Crippen molar-refractivity contribution >= 4 is 44.9 Å². The first kappa shape index (κ1) is 24.4. The Hall–Kier alpha value is -3.71. The number of amides is 1. The molecule has 0 atom stereocenters. The van der Waals surface area contributed by atoms with Gasteiger partial charge in [0.05, 0.1) is 33.7 Å². The second kappa shape index (κ2) is 9.15. The molecule has 35 heavy (non-hydrogen) atoms. The fourth-order valence-corrected chi connectivity index (χ4v) is 4.32. The van der Waals surface area contributed by atoms with E-state index in [1.807, 2.05) is 0 Å². The molecule has 14 heteroatoms. The topological polar surface area (TPSA) is 108 Å². The van der Waals surface area contributed by atoms with Crippen LogP contribution in [0, 0.1) is 0 Å². The Balaban J connectivity index is 1.54. The summed E-state index contributed by atoms with van der Waals surface area (Å²) in [6, 6.07) is 5.21. The minimum absolute atomic E-state index is 0.155. The molecule has 1 amide bonds. The Kier molecular flexibility index (Phi) is 6.38. The molecule has 0 fully saturated rings. The summed E-state index contributed by atoms with van der Waals surface area (Å²) in [5.41, 5.74) is 0.268. The van der Waals surface area contributed by atoms with Gasteiger partial charge < -0.3 is 10.1 Å². The molecule has 3 heterocycles. The molecule has 0 aliphatic rings. The highest BCUT2D eigenvalue weighted by atomic mass is 35.5. The summed E-state index contributed by atoms with van der Waals surface area (Å²) in [7, 11) is 2.85. The van der Waals surface area contributed by atoms with Gasteiger partial charge in [-0.2, -0.15) is 0 Å². The first-order chi connectivity index (χ1) is 16.4. The van der Waals surface area contributed by atoms with Crippen LogP contribution >= 0.6 is 22.9 Å². The highest BCUT2D eigenvalue weighted by Gasteiger charge is 2.32. The van der Waals surface area contributed by atoms with Crippen LogP contribution in [-0.2, 0) is 25.3 Å². The number of fused-ring (bicyclic) bond motifs is 1. The molecule has 0 aliphatic carbocycles. The van der Waals surface area contributed by atoms with Crippen LogP contribution in [0.4, 0.5) is 18.3 Å². The molecular formula is C21H15ClF3N5O4S. The zero-order chi connectivity index (χ0) is 25.5. The third-order valence-corrected chi connectivity index (χ3v) is 6.05. The van der Waals surface area contributed by atoms with Gasteiger partial charge in [0.15, 0.2) is 5.13 Å². The van der Waals surface area contributed by atoms with E-state index in [1.165, 1.54) is 43.1 Å². The molecule has 3 aromatic heterocycles. The molecule has 0 aliphatic heterocycles. The van der Waals surface area contributed by atoms with E-state index in [-0.39, 0.29) is 27.7 Å². The smallest absolute Gasteiger partial charge is 0.404 e. The maximum absolute atomic E-state index is 12.6. The average Bonchev–Trinajstić information content (AvgIpc) is 3.24. The monoisotopic (exact) mass is 525 g/mol. The lowest BCUT2D eigenvalue weighted by Gasteiger charge is -2.10. The molecule has 0 unspecified atom stereocenters. The molecule has 0 saturated heterocycles. The van der Waals surface area contributed by atoms with Crippen LogP contribution in [0.2, 0.25) is 5.02 Å². The Morgan fingerprint density at radius 2 is 1.94 bits per heavy atom. The SMILES string of the molecule is Cn1c(=O)c2c(CC(=O)Nc3nc(-c4ccc(OC(F)(F)F)c(Cl)c4)cs3)nccc2n(C)c1=O. The van der Waals surface area contributed by atoms with Crippen LogP contribution in [0.25, 0.3) is 22.2 Å². The predicted octanol–water partition coefficient (Wildman–Crippen LogP) is 3.49. The quantitative estimate of drug-likeness (QED) is 0.427. The van der Waals surface area contributed by atoms with Gasteiger partial charge in [-0.25, -0.2) is 9.78 Å². The third-order valence-electron chi connectivity index (χ3n) is 4.99. The van der Waals surface area contributed by atoms with Crippen molar-refractivity contribution in [1.82, 2.24) is 19.1 Å². The normalized spacial score (nSPS) is 11.6. The number of nitrogens with zero attached hydrogens (tertiary/aromatic N) is 4. The van der Waals surface area contributed by atoms with Crippen molar-refractivity contribution in [2.75, 3.05) is 5.32 Å². The summed E-state index contributed by atoms with van der Waals surface area (Å²) in [5.74, 6) is -1.05. The molecule has 4 aromatic rings. The van der Waals surface area contributed by atoms with Crippen molar-refractivity contribution in [3.05, 3.63) is 67.4 Å². The molecule has 9 nitrogen and oxygen atoms in total. The lowest BCUT2D eigenvalue weighted by molar-refractivity contribution is -0.274. The maximum Gasteiger partial charge on any atom is 0.573 e. The van der Waals surface area contributed by atoms with E-state index in [9.17, 15) is 27.6 Å². The standard InChI is InChI=1S/C21H15ClF3N5O4S/c1-29-14-5-6-26-12(17(14)18(32)30(2)20(29)33)8-16(31)28-19-27-13(9-35-19)10-3-4-15(11(22)7-10)34-21(23,24)25/h3-7,9H,8H2,1-2H3,(H,27,28,31). The van der Waals surface area contributed by atoms with Crippen LogP contribution in [0.5, 0.6) is 5.75 Å². The van der Waals surface area contributed by atoms with Crippen LogP contribution in [0.1, 0.15) is 5.69 Å². The highest BCUT2D eigenvalue weighted by Crippen LogP contribution is 2.34. The summed E-state index contributed by atoms with van der Waals surface area (Å²) in [5, 5.41) is 4.32. The molecule has 1 aromatic carbocycles. The first-order valence-electron chi connectivity index (χ1n) is 9.79. The third kappa shape index (κ3) is 5.05. The number of benzene rings is 1. The largest absolute Gasteiger partial charge is 0.573 e. The molecule has 0 saturated carbocycles. The van der Waals surface area contributed by atoms with E-state index >= 15 is 0 Å². The van der Waals surface area contributed by atoms with Gasteiger partial charge in [-0.1, -0.05) is 11.6 Å². The van der Waals surface area contributed by atoms with Gasteiger partial charge in [0.2, 0.25) is 5.91 Å². The number of ether oxygens (including phenoxy) is 1. The number of pyridine rings is 1. The number of nitrogens with one attached hydrogen (secondary N) is 1. The summed E-state index contributed by atoms with van der Waals surface area (Å²) in [6.07, 6.45) is -3.72. The van der Waals surface area contributed by atoms with Gasteiger partial charge in [0.1, 0.15) is 5.75 Å². The first-order valence-corrected chi connectivity index (χ1v) is 11.0. The number of thiazole rings is 1. The van der Waals surface area contributed by atoms with E-state index < -0.39 is 29.3 Å². The van der Waals surface area contributed by atoms with Gasteiger partial charge in [0, 0.05) is 31.2 Å². The van der Waals surface area contributed by atoms with Gasteiger partial charge in [-0.3, -0.25) is 23.7 Å². The van der Waals surface area contributed by atoms with Crippen LogP contribution in [0.15, 0.2) is 45.4 Å². The molecular weight excluding hydrogens is 511 g/mol. The number of hydrogen-bond donors (Lipinski definition) is 1. The number of halogens is 4. The fourth-order valence-electron chi connectivity index (χ4n) is 3.37. The minimum atomic E-state index is -4.87. The molecule has 0 bridgehead atoms. The van der Waals surface area contributed by atoms with E-state index in [0.29, 0.717) is 16.8 Å². The average molecular weight is 526 g/mol. The van der Waals surface area contributed by atoms with Crippen molar-refractivity contribution in [2.45, 2.75) is 12.8 Å². The maximum atomic E-state index is 12.6. The molecule has 182 valence electrons. The summed E-state index contributed by atoms with van der Waals surface area (Å²) < 4.78 is 43.3. The Morgan fingerprint density at radius 1 is 1.20 bits per heavy atom. The second-order valence-corrected chi connectivity index (χ2v) is 8.58. The predicted molar refractivity (Wildman–Crippen MR) is 124 cm³/mol. The van der Waals surface area contributed by atoms with Crippen LogP contribution in [-0.4, -0.2) is 31.4 Å². The number of hydrogen-bond acceptors (Lipinski definition) is 7. The summed E-state index contributed by atoms with van der Waals surface area (Å²) in [6.45, 7) is 0. The Morgan fingerprint density at radius 3 is 2.63 bits per heavy atom. The Labute approximate surface area is 203 Å². The van der Waals surface area contributed by atoms with Gasteiger partial charge in [-0.15, -0.1) is 24.5 Å². The number of anilines is 1.